The van der Waals surface area contributed by atoms with E-state index in [1.807, 2.05) is 0 Å². The Balaban J connectivity index is 1.61. The Kier molecular flexibility index (Phi) is 3.83. The van der Waals surface area contributed by atoms with Gasteiger partial charge in [0.15, 0.2) is 0 Å². The van der Waals surface area contributed by atoms with Crippen molar-refractivity contribution >= 4 is 15.9 Å². The van der Waals surface area contributed by atoms with Crippen molar-refractivity contribution in [3.8, 4) is 5.75 Å². The zero-order chi connectivity index (χ0) is 13.4. The van der Waals surface area contributed by atoms with Gasteiger partial charge in [0.2, 0.25) is 0 Å². The summed E-state index contributed by atoms with van der Waals surface area (Å²) in [6, 6.07) is 7.44. The van der Waals surface area contributed by atoms with Gasteiger partial charge in [0.1, 0.15) is 11.9 Å². The Morgan fingerprint density at radius 2 is 2.05 bits per heavy atom. The molecule has 0 aliphatic carbocycles. The Hall–Kier alpha value is -0.580. The summed E-state index contributed by atoms with van der Waals surface area (Å²) in [6.45, 7) is 7.77. The van der Waals surface area contributed by atoms with Crippen LogP contribution in [0.5, 0.6) is 5.75 Å². The minimum Gasteiger partial charge on any atom is -0.488 e. The minimum atomic E-state index is 0.307. The monoisotopic (exact) mass is 324 g/mol. The quantitative estimate of drug-likeness (QED) is 0.904. The van der Waals surface area contributed by atoms with E-state index in [1.165, 1.54) is 5.56 Å². The van der Waals surface area contributed by atoms with Crippen LogP contribution in [0.25, 0.3) is 0 Å². The van der Waals surface area contributed by atoms with Crippen molar-refractivity contribution in [3.05, 3.63) is 28.2 Å². The van der Waals surface area contributed by atoms with Crippen molar-refractivity contribution < 1.29 is 4.74 Å². The molecule has 3 unspecified atom stereocenters. The lowest BCUT2D eigenvalue weighted by molar-refractivity contribution is 0.111. The Morgan fingerprint density at radius 1 is 1.32 bits per heavy atom. The highest BCUT2D eigenvalue weighted by Crippen LogP contribution is 2.31. The molecule has 0 spiro atoms. The lowest BCUT2D eigenvalue weighted by Gasteiger charge is -2.37. The van der Waals surface area contributed by atoms with E-state index in [0.29, 0.717) is 18.2 Å². The summed E-state index contributed by atoms with van der Waals surface area (Å²) in [4.78, 5) is 2.53. The lowest BCUT2D eigenvalue weighted by Crippen LogP contribution is -2.55. The minimum absolute atomic E-state index is 0.307. The number of nitrogens with one attached hydrogen (secondary N) is 1. The molecule has 19 heavy (non-hydrogen) atoms. The van der Waals surface area contributed by atoms with Crippen molar-refractivity contribution in [2.45, 2.75) is 38.5 Å². The number of nitrogens with zero attached hydrogens (tertiary/aromatic N) is 1. The fourth-order valence-electron chi connectivity index (χ4n) is 3.27. The predicted octanol–water partition coefficient (Wildman–Crippen LogP) is 2.43. The summed E-state index contributed by atoms with van der Waals surface area (Å²) in [5.41, 5.74) is 1.33. The first kappa shape index (κ1) is 13.4. The maximum atomic E-state index is 6.05. The third kappa shape index (κ3) is 3.12. The molecule has 3 atom stereocenters. The second kappa shape index (κ2) is 5.43. The van der Waals surface area contributed by atoms with E-state index in [-0.39, 0.29) is 0 Å². The molecule has 0 saturated carbocycles. The van der Waals surface area contributed by atoms with E-state index < -0.39 is 0 Å². The van der Waals surface area contributed by atoms with Crippen LogP contribution in [0.15, 0.2) is 22.7 Å². The topological polar surface area (TPSA) is 24.5 Å². The maximum Gasteiger partial charge on any atom is 0.123 e. The Morgan fingerprint density at radius 3 is 2.79 bits per heavy atom. The summed E-state index contributed by atoms with van der Waals surface area (Å²) in [5.74, 6) is 1.06. The van der Waals surface area contributed by atoms with Crippen LogP contribution < -0.4 is 10.1 Å². The molecule has 0 bridgehead atoms. The molecule has 3 rings (SSSR count). The number of hydrogen-bond donors (Lipinski definition) is 1. The SMILES string of the molecule is CC1CN(CC2Cc3cc(Br)ccc3O2)CC(C)N1. The van der Waals surface area contributed by atoms with E-state index >= 15 is 0 Å². The van der Waals surface area contributed by atoms with Gasteiger partial charge in [-0.1, -0.05) is 15.9 Å². The molecule has 1 aromatic rings. The van der Waals surface area contributed by atoms with Crippen LogP contribution in [0, 0.1) is 0 Å². The molecule has 1 N–H and O–H groups in total. The fourth-order valence-corrected chi connectivity index (χ4v) is 3.68. The van der Waals surface area contributed by atoms with Crippen molar-refractivity contribution in [1.82, 2.24) is 10.2 Å². The zero-order valence-corrected chi connectivity index (χ0v) is 13.1. The second-order valence-corrected chi connectivity index (χ2v) is 6.80. The van der Waals surface area contributed by atoms with Gasteiger partial charge in [0, 0.05) is 42.6 Å². The van der Waals surface area contributed by atoms with Crippen LogP contribution >= 0.6 is 15.9 Å². The average molecular weight is 325 g/mol. The van der Waals surface area contributed by atoms with Crippen LogP contribution in [0.2, 0.25) is 0 Å². The number of piperazine rings is 1. The van der Waals surface area contributed by atoms with Gasteiger partial charge in [-0.2, -0.15) is 0 Å². The van der Waals surface area contributed by atoms with Crippen molar-refractivity contribution in [1.29, 1.82) is 0 Å². The standard InChI is InChI=1S/C15H21BrN2O/c1-10-7-18(8-11(2)17-10)9-14-6-12-5-13(16)3-4-15(12)19-14/h3-5,10-11,14,17H,6-9H2,1-2H3. The number of benzene rings is 1. The first-order valence-electron chi connectivity index (χ1n) is 7.03. The van der Waals surface area contributed by atoms with Gasteiger partial charge >= 0.3 is 0 Å². The molecule has 2 heterocycles. The number of halogens is 1. The molecule has 0 radical (unpaired) electrons. The molecule has 2 aliphatic heterocycles. The van der Waals surface area contributed by atoms with E-state index in [9.17, 15) is 0 Å². The molecule has 2 aliphatic rings. The molecular formula is C15H21BrN2O. The highest BCUT2D eigenvalue weighted by molar-refractivity contribution is 9.10. The van der Waals surface area contributed by atoms with Crippen LogP contribution in [0.1, 0.15) is 19.4 Å². The van der Waals surface area contributed by atoms with Gasteiger partial charge in [-0.3, -0.25) is 4.90 Å². The lowest BCUT2D eigenvalue weighted by atomic mass is 10.1. The van der Waals surface area contributed by atoms with Crippen LogP contribution in [-0.4, -0.2) is 42.7 Å². The normalized spacial score (nSPS) is 31.0. The highest BCUT2D eigenvalue weighted by atomic mass is 79.9. The first-order chi connectivity index (χ1) is 9.10. The fraction of sp³-hybridized carbons (Fsp3) is 0.600. The smallest absolute Gasteiger partial charge is 0.123 e. The van der Waals surface area contributed by atoms with Crippen LogP contribution in [-0.2, 0) is 6.42 Å². The predicted molar refractivity (Wildman–Crippen MR) is 80.8 cm³/mol. The molecule has 104 valence electrons. The average Bonchev–Trinajstić information content (AvgIpc) is 2.68. The summed E-state index contributed by atoms with van der Waals surface area (Å²) < 4.78 is 7.19. The first-order valence-corrected chi connectivity index (χ1v) is 7.83. The third-order valence-corrected chi connectivity index (χ3v) is 4.35. The number of fused-ring (bicyclic) bond motifs is 1. The molecule has 1 aromatic carbocycles. The number of rotatable bonds is 2. The molecule has 1 fully saturated rings. The van der Waals surface area contributed by atoms with Crippen molar-refractivity contribution in [2.75, 3.05) is 19.6 Å². The summed E-state index contributed by atoms with van der Waals surface area (Å²) in [5, 5.41) is 3.57. The Labute approximate surface area is 123 Å². The molecule has 0 aromatic heterocycles. The molecule has 4 heteroatoms. The molecular weight excluding hydrogens is 304 g/mol. The third-order valence-electron chi connectivity index (χ3n) is 3.86. The summed E-state index contributed by atoms with van der Waals surface area (Å²) in [7, 11) is 0. The zero-order valence-electron chi connectivity index (χ0n) is 11.5. The largest absolute Gasteiger partial charge is 0.488 e. The molecule has 3 nitrogen and oxygen atoms in total. The summed E-state index contributed by atoms with van der Waals surface area (Å²) in [6.07, 6.45) is 1.34. The van der Waals surface area contributed by atoms with Gasteiger partial charge in [-0.25, -0.2) is 0 Å². The maximum absolute atomic E-state index is 6.05. The van der Waals surface area contributed by atoms with E-state index in [4.69, 9.17) is 4.74 Å². The van der Waals surface area contributed by atoms with Crippen LogP contribution in [0.4, 0.5) is 0 Å². The molecule has 1 saturated heterocycles. The molecule has 0 amide bonds. The summed E-state index contributed by atoms with van der Waals surface area (Å²) >= 11 is 3.52. The van der Waals surface area contributed by atoms with E-state index in [2.05, 4.69) is 58.2 Å². The van der Waals surface area contributed by atoms with Crippen LogP contribution in [0.3, 0.4) is 0 Å². The van der Waals surface area contributed by atoms with Crippen molar-refractivity contribution in [2.24, 2.45) is 0 Å². The number of ether oxygens (including phenoxy) is 1. The Bertz CT molecular complexity index is 455. The van der Waals surface area contributed by atoms with Gasteiger partial charge in [-0.15, -0.1) is 0 Å². The highest BCUT2D eigenvalue weighted by Gasteiger charge is 2.28. The van der Waals surface area contributed by atoms with Gasteiger partial charge < -0.3 is 10.1 Å². The van der Waals surface area contributed by atoms with E-state index in [1.54, 1.807) is 0 Å². The van der Waals surface area contributed by atoms with Crippen molar-refractivity contribution in [3.63, 3.8) is 0 Å². The van der Waals surface area contributed by atoms with Gasteiger partial charge in [0.05, 0.1) is 0 Å². The van der Waals surface area contributed by atoms with Gasteiger partial charge in [0.25, 0.3) is 0 Å². The van der Waals surface area contributed by atoms with Gasteiger partial charge in [-0.05, 0) is 37.6 Å². The van der Waals surface area contributed by atoms with E-state index in [0.717, 1.165) is 36.3 Å². The second-order valence-electron chi connectivity index (χ2n) is 5.88. The number of hydrogen-bond acceptors (Lipinski definition) is 3.